The Morgan fingerprint density at radius 1 is 0.957 bits per heavy atom. The fraction of sp³-hybridized carbons (Fsp3) is 0.368. The lowest BCUT2D eigenvalue weighted by atomic mass is 10.0. The number of nitrogens with one attached hydrogen (secondary N) is 1. The standard InChI is InChI=1S/C19H24N2O.ClH/c1-15(2)22-19-8-6-16(7-9-19)17-4-3-5-18(14-17)21-12-10-20-11-13-21;/h3-9,14-15,20H,10-13H2,1-2H3;1H. The number of hydrogen-bond donors (Lipinski definition) is 1. The van der Waals surface area contributed by atoms with Crippen molar-refractivity contribution in [2.45, 2.75) is 20.0 Å². The molecule has 3 rings (SSSR count). The molecule has 4 heteroatoms. The second kappa shape index (κ2) is 8.23. The van der Waals surface area contributed by atoms with Gasteiger partial charge in [0.25, 0.3) is 0 Å². The molecule has 1 saturated heterocycles. The van der Waals surface area contributed by atoms with Crippen LogP contribution in [0.3, 0.4) is 0 Å². The van der Waals surface area contributed by atoms with Crippen molar-refractivity contribution < 1.29 is 4.74 Å². The van der Waals surface area contributed by atoms with Gasteiger partial charge in [-0.15, -0.1) is 12.4 Å². The molecular weight excluding hydrogens is 308 g/mol. The zero-order valence-electron chi connectivity index (χ0n) is 13.8. The second-order valence-corrected chi connectivity index (χ2v) is 5.98. The van der Waals surface area contributed by atoms with Crippen LogP contribution in [0.25, 0.3) is 11.1 Å². The molecule has 3 nitrogen and oxygen atoms in total. The Balaban J connectivity index is 0.00000192. The third kappa shape index (κ3) is 4.63. The number of piperazine rings is 1. The van der Waals surface area contributed by atoms with E-state index >= 15 is 0 Å². The van der Waals surface area contributed by atoms with Crippen molar-refractivity contribution in [2.24, 2.45) is 0 Å². The highest BCUT2D eigenvalue weighted by Gasteiger charge is 2.11. The molecule has 0 bridgehead atoms. The van der Waals surface area contributed by atoms with Gasteiger partial charge in [0.2, 0.25) is 0 Å². The summed E-state index contributed by atoms with van der Waals surface area (Å²) in [6.45, 7) is 8.36. The molecule has 2 aromatic carbocycles. The maximum atomic E-state index is 5.71. The summed E-state index contributed by atoms with van der Waals surface area (Å²) in [4.78, 5) is 2.44. The largest absolute Gasteiger partial charge is 0.491 e. The molecule has 0 aromatic heterocycles. The van der Waals surface area contributed by atoms with Gasteiger partial charge in [0.1, 0.15) is 5.75 Å². The molecule has 0 atom stereocenters. The number of anilines is 1. The molecule has 0 amide bonds. The molecule has 1 fully saturated rings. The van der Waals surface area contributed by atoms with Crippen LogP contribution >= 0.6 is 12.4 Å². The van der Waals surface area contributed by atoms with E-state index in [2.05, 4.69) is 46.6 Å². The topological polar surface area (TPSA) is 24.5 Å². The van der Waals surface area contributed by atoms with Crippen LogP contribution < -0.4 is 15.0 Å². The van der Waals surface area contributed by atoms with Gasteiger partial charge in [-0.2, -0.15) is 0 Å². The Morgan fingerprint density at radius 3 is 2.30 bits per heavy atom. The van der Waals surface area contributed by atoms with Crippen LogP contribution in [0.4, 0.5) is 5.69 Å². The molecule has 0 saturated carbocycles. The van der Waals surface area contributed by atoms with Crippen molar-refractivity contribution in [3.05, 3.63) is 48.5 Å². The molecule has 0 spiro atoms. The summed E-state index contributed by atoms with van der Waals surface area (Å²) in [5, 5.41) is 3.40. The normalized spacial score (nSPS) is 14.5. The van der Waals surface area contributed by atoms with Crippen LogP contribution in [0.5, 0.6) is 5.75 Å². The van der Waals surface area contributed by atoms with Gasteiger partial charge < -0.3 is 15.0 Å². The van der Waals surface area contributed by atoms with Gasteiger partial charge in [0.05, 0.1) is 6.10 Å². The minimum absolute atomic E-state index is 0. The van der Waals surface area contributed by atoms with E-state index in [1.54, 1.807) is 0 Å². The molecule has 23 heavy (non-hydrogen) atoms. The van der Waals surface area contributed by atoms with E-state index in [0.29, 0.717) is 0 Å². The van der Waals surface area contributed by atoms with Crippen LogP contribution in [-0.2, 0) is 0 Å². The van der Waals surface area contributed by atoms with Gasteiger partial charge in [0.15, 0.2) is 0 Å². The summed E-state index contributed by atoms with van der Waals surface area (Å²) in [5.41, 5.74) is 3.79. The molecule has 124 valence electrons. The quantitative estimate of drug-likeness (QED) is 0.916. The highest BCUT2D eigenvalue weighted by atomic mass is 35.5. The first-order chi connectivity index (χ1) is 10.7. The van der Waals surface area contributed by atoms with E-state index in [4.69, 9.17) is 4.74 Å². The minimum atomic E-state index is 0. The second-order valence-electron chi connectivity index (χ2n) is 5.98. The van der Waals surface area contributed by atoms with Crippen LogP contribution in [0.2, 0.25) is 0 Å². The Morgan fingerprint density at radius 2 is 1.65 bits per heavy atom. The van der Waals surface area contributed by atoms with E-state index < -0.39 is 0 Å². The lowest BCUT2D eigenvalue weighted by Gasteiger charge is -2.29. The first kappa shape index (κ1) is 17.6. The van der Waals surface area contributed by atoms with Crippen molar-refractivity contribution in [1.29, 1.82) is 0 Å². The Hall–Kier alpha value is -1.71. The third-order valence-electron chi connectivity index (χ3n) is 3.89. The predicted molar refractivity (Wildman–Crippen MR) is 100.0 cm³/mol. The van der Waals surface area contributed by atoms with Gasteiger partial charge in [-0.1, -0.05) is 24.3 Å². The Bertz CT molecular complexity index is 607. The average Bonchev–Trinajstić information content (AvgIpc) is 2.56. The van der Waals surface area contributed by atoms with E-state index in [-0.39, 0.29) is 18.5 Å². The minimum Gasteiger partial charge on any atom is -0.491 e. The maximum Gasteiger partial charge on any atom is 0.119 e. The van der Waals surface area contributed by atoms with Crippen molar-refractivity contribution in [3.63, 3.8) is 0 Å². The SMILES string of the molecule is CC(C)Oc1ccc(-c2cccc(N3CCNCC3)c2)cc1.Cl. The van der Waals surface area contributed by atoms with E-state index in [9.17, 15) is 0 Å². The molecule has 0 unspecified atom stereocenters. The number of ether oxygens (including phenoxy) is 1. The fourth-order valence-corrected chi connectivity index (χ4v) is 2.80. The summed E-state index contributed by atoms with van der Waals surface area (Å²) in [5.74, 6) is 0.928. The molecule has 1 N–H and O–H groups in total. The highest BCUT2D eigenvalue weighted by Crippen LogP contribution is 2.27. The van der Waals surface area contributed by atoms with Gasteiger partial charge in [0, 0.05) is 31.9 Å². The van der Waals surface area contributed by atoms with Gasteiger partial charge in [-0.05, 0) is 49.2 Å². The van der Waals surface area contributed by atoms with Crippen molar-refractivity contribution >= 4 is 18.1 Å². The van der Waals surface area contributed by atoms with Crippen LogP contribution in [0.15, 0.2) is 48.5 Å². The molecular formula is C19H25ClN2O. The summed E-state index contributed by atoms with van der Waals surface area (Å²) in [6.07, 6.45) is 0.210. The molecule has 1 aliphatic rings. The number of nitrogens with zero attached hydrogens (tertiary/aromatic N) is 1. The Labute approximate surface area is 145 Å². The van der Waals surface area contributed by atoms with Crippen LogP contribution in [0.1, 0.15) is 13.8 Å². The van der Waals surface area contributed by atoms with Crippen LogP contribution in [0, 0.1) is 0 Å². The zero-order valence-corrected chi connectivity index (χ0v) is 14.6. The summed E-state index contributed by atoms with van der Waals surface area (Å²) >= 11 is 0. The number of halogens is 1. The first-order valence-electron chi connectivity index (χ1n) is 8.05. The average molecular weight is 333 g/mol. The number of rotatable bonds is 4. The zero-order chi connectivity index (χ0) is 15.4. The highest BCUT2D eigenvalue weighted by molar-refractivity contribution is 5.85. The lowest BCUT2D eigenvalue weighted by Crippen LogP contribution is -2.43. The third-order valence-corrected chi connectivity index (χ3v) is 3.89. The summed E-state index contributed by atoms with van der Waals surface area (Å²) < 4.78 is 5.71. The van der Waals surface area contributed by atoms with E-state index in [1.165, 1.54) is 16.8 Å². The molecule has 2 aromatic rings. The molecule has 1 heterocycles. The lowest BCUT2D eigenvalue weighted by molar-refractivity contribution is 0.242. The van der Waals surface area contributed by atoms with Gasteiger partial charge >= 0.3 is 0 Å². The van der Waals surface area contributed by atoms with Gasteiger partial charge in [-0.3, -0.25) is 0 Å². The Kier molecular flexibility index (Phi) is 6.31. The molecule has 0 radical (unpaired) electrons. The number of benzene rings is 2. The number of hydrogen-bond acceptors (Lipinski definition) is 3. The predicted octanol–water partition coefficient (Wildman–Crippen LogP) is 3.97. The molecule has 1 aliphatic heterocycles. The van der Waals surface area contributed by atoms with E-state index in [0.717, 1.165) is 31.9 Å². The first-order valence-corrected chi connectivity index (χ1v) is 8.05. The maximum absolute atomic E-state index is 5.71. The van der Waals surface area contributed by atoms with E-state index in [1.807, 2.05) is 26.0 Å². The van der Waals surface area contributed by atoms with Gasteiger partial charge in [-0.25, -0.2) is 0 Å². The van der Waals surface area contributed by atoms with Crippen molar-refractivity contribution in [2.75, 3.05) is 31.1 Å². The van der Waals surface area contributed by atoms with Crippen LogP contribution in [-0.4, -0.2) is 32.3 Å². The smallest absolute Gasteiger partial charge is 0.119 e. The van der Waals surface area contributed by atoms with Crippen molar-refractivity contribution in [3.8, 4) is 16.9 Å². The summed E-state index contributed by atoms with van der Waals surface area (Å²) in [6, 6.07) is 17.2. The summed E-state index contributed by atoms with van der Waals surface area (Å²) in [7, 11) is 0. The monoisotopic (exact) mass is 332 g/mol. The van der Waals surface area contributed by atoms with Crippen molar-refractivity contribution in [1.82, 2.24) is 5.32 Å². The fourth-order valence-electron chi connectivity index (χ4n) is 2.80. The molecule has 0 aliphatic carbocycles.